The molecular formula is C6H4O2S2. The minimum absolute atomic E-state index is 0.0451. The second-order valence-corrected chi connectivity index (χ2v) is 3.30. The van der Waals surface area contributed by atoms with Crippen LogP contribution in [0.2, 0.25) is 0 Å². The molecule has 0 aromatic carbocycles. The van der Waals surface area contributed by atoms with E-state index < -0.39 is 0 Å². The van der Waals surface area contributed by atoms with Crippen LogP contribution in [0.4, 0.5) is 0 Å². The second-order valence-electron chi connectivity index (χ2n) is 1.48. The molecule has 2 nitrogen and oxygen atoms in total. The van der Waals surface area contributed by atoms with Crippen molar-refractivity contribution in [3.05, 3.63) is 23.0 Å². The van der Waals surface area contributed by atoms with Gasteiger partial charge in [-0.3, -0.25) is 9.59 Å². The van der Waals surface area contributed by atoms with Crippen molar-refractivity contribution in [3.8, 4) is 0 Å². The van der Waals surface area contributed by atoms with Crippen LogP contribution < -0.4 is 0 Å². The zero-order chi connectivity index (χ0) is 7.40. The van der Waals surface area contributed by atoms with Gasteiger partial charge in [-0.1, -0.05) is 23.5 Å². The first kappa shape index (κ1) is 7.63. The maximum Gasteiger partial charge on any atom is 0.216 e. The van der Waals surface area contributed by atoms with Gasteiger partial charge in [0.25, 0.3) is 0 Å². The molecule has 0 saturated heterocycles. The Morgan fingerprint density at radius 3 is 1.70 bits per heavy atom. The summed E-state index contributed by atoms with van der Waals surface area (Å²) in [4.78, 5) is 21.3. The first-order chi connectivity index (χ1) is 4.79. The third-order valence-corrected chi connectivity index (χ3v) is 2.06. The molecule has 0 radical (unpaired) electrons. The maximum absolute atomic E-state index is 10.6. The van der Waals surface area contributed by atoms with Gasteiger partial charge in [-0.2, -0.15) is 0 Å². The molecule has 0 spiro atoms. The standard InChI is InChI=1S/C6H4O2S2/c7-5-1-3-9-6(8)2-4-10-5/h1-4H/b3-1-,4-2-. The normalized spacial score (nSPS) is 25.2. The Bertz CT molecular complexity index is 194. The molecule has 0 aromatic rings. The Hall–Kier alpha value is -0.480. The van der Waals surface area contributed by atoms with E-state index in [2.05, 4.69) is 0 Å². The second kappa shape index (κ2) is 3.63. The van der Waals surface area contributed by atoms with Gasteiger partial charge in [0.05, 0.1) is 0 Å². The summed E-state index contributed by atoms with van der Waals surface area (Å²) in [6.07, 6.45) is 2.77. The summed E-state index contributed by atoms with van der Waals surface area (Å²) in [5.41, 5.74) is 0. The largest absolute Gasteiger partial charge is 0.282 e. The van der Waals surface area contributed by atoms with Crippen LogP contribution in [0.15, 0.2) is 23.0 Å². The van der Waals surface area contributed by atoms with Crippen molar-refractivity contribution in [2.75, 3.05) is 0 Å². The van der Waals surface area contributed by atoms with E-state index >= 15 is 0 Å². The van der Waals surface area contributed by atoms with E-state index in [1.807, 2.05) is 0 Å². The summed E-state index contributed by atoms with van der Waals surface area (Å²) in [7, 11) is 0. The average Bonchev–Trinajstić information content (AvgIpc) is 1.84. The fourth-order valence-electron chi connectivity index (χ4n) is 0.392. The molecular weight excluding hydrogens is 168 g/mol. The predicted molar refractivity (Wildman–Crippen MR) is 43.5 cm³/mol. The van der Waals surface area contributed by atoms with Gasteiger partial charge in [-0.15, -0.1) is 0 Å². The molecule has 0 aromatic heterocycles. The van der Waals surface area contributed by atoms with Crippen molar-refractivity contribution < 1.29 is 9.59 Å². The SMILES string of the molecule is O=C1/C=C\SC(=O)/C=C\S1. The van der Waals surface area contributed by atoms with Gasteiger partial charge in [0, 0.05) is 0 Å². The number of rotatable bonds is 0. The summed E-state index contributed by atoms with van der Waals surface area (Å²) in [6.45, 7) is 0. The Balaban J connectivity index is 2.65. The van der Waals surface area contributed by atoms with Gasteiger partial charge in [0.1, 0.15) is 0 Å². The molecule has 1 rings (SSSR count). The monoisotopic (exact) mass is 172 g/mol. The van der Waals surface area contributed by atoms with Crippen LogP contribution in [0, 0.1) is 0 Å². The van der Waals surface area contributed by atoms with Crippen LogP contribution in [-0.2, 0) is 9.59 Å². The van der Waals surface area contributed by atoms with E-state index in [9.17, 15) is 9.59 Å². The van der Waals surface area contributed by atoms with Crippen LogP contribution in [0.3, 0.4) is 0 Å². The maximum atomic E-state index is 10.6. The molecule has 0 fully saturated rings. The highest BCUT2D eigenvalue weighted by Gasteiger charge is 2.00. The molecule has 0 bridgehead atoms. The Morgan fingerprint density at radius 1 is 0.900 bits per heavy atom. The lowest BCUT2D eigenvalue weighted by Gasteiger charge is -1.91. The van der Waals surface area contributed by atoms with Crippen molar-refractivity contribution >= 4 is 33.8 Å². The van der Waals surface area contributed by atoms with E-state index in [1.54, 1.807) is 0 Å². The number of carbonyl (C=O) groups is 2. The Morgan fingerprint density at radius 2 is 1.30 bits per heavy atom. The van der Waals surface area contributed by atoms with Gasteiger partial charge in [-0.05, 0) is 23.0 Å². The molecule has 1 heterocycles. The smallest absolute Gasteiger partial charge is 0.216 e. The fraction of sp³-hybridized carbons (Fsp3) is 0. The van der Waals surface area contributed by atoms with Gasteiger partial charge in [0.15, 0.2) is 0 Å². The number of hydrogen-bond donors (Lipinski definition) is 0. The third-order valence-electron chi connectivity index (χ3n) is 0.777. The quantitative estimate of drug-likeness (QED) is 0.555. The van der Waals surface area contributed by atoms with Crippen molar-refractivity contribution in [2.45, 2.75) is 0 Å². The number of carbonyl (C=O) groups excluding carboxylic acids is 2. The van der Waals surface area contributed by atoms with Crippen molar-refractivity contribution in [3.63, 3.8) is 0 Å². The molecule has 0 aliphatic carbocycles. The van der Waals surface area contributed by atoms with Crippen LogP contribution in [-0.4, -0.2) is 10.2 Å². The van der Waals surface area contributed by atoms with E-state index in [-0.39, 0.29) is 10.2 Å². The van der Waals surface area contributed by atoms with E-state index in [1.165, 1.54) is 23.0 Å². The lowest BCUT2D eigenvalue weighted by Crippen LogP contribution is -1.87. The number of hydrogen-bond acceptors (Lipinski definition) is 4. The van der Waals surface area contributed by atoms with Crippen LogP contribution in [0.5, 0.6) is 0 Å². The summed E-state index contributed by atoms with van der Waals surface area (Å²) in [6, 6.07) is 0. The highest BCUT2D eigenvalue weighted by Crippen LogP contribution is 2.14. The summed E-state index contributed by atoms with van der Waals surface area (Å²) >= 11 is 2.03. The van der Waals surface area contributed by atoms with Gasteiger partial charge in [0.2, 0.25) is 10.2 Å². The fourth-order valence-corrected chi connectivity index (χ4v) is 1.51. The summed E-state index contributed by atoms with van der Waals surface area (Å²) in [5, 5.41) is 2.91. The molecule has 10 heavy (non-hydrogen) atoms. The number of thioether (sulfide) groups is 2. The first-order valence-electron chi connectivity index (χ1n) is 2.53. The zero-order valence-electron chi connectivity index (χ0n) is 4.94. The topological polar surface area (TPSA) is 34.1 Å². The minimum atomic E-state index is -0.0451. The summed E-state index contributed by atoms with van der Waals surface area (Å²) < 4.78 is 0. The van der Waals surface area contributed by atoms with Crippen LogP contribution in [0.25, 0.3) is 0 Å². The van der Waals surface area contributed by atoms with Gasteiger partial charge >= 0.3 is 0 Å². The highest BCUT2D eigenvalue weighted by molar-refractivity contribution is 8.18. The third kappa shape index (κ3) is 2.41. The molecule has 0 amide bonds. The molecule has 1 aliphatic rings. The van der Waals surface area contributed by atoms with E-state index in [4.69, 9.17) is 0 Å². The molecule has 0 saturated carbocycles. The predicted octanol–water partition coefficient (Wildman–Crippen LogP) is 1.55. The van der Waals surface area contributed by atoms with Gasteiger partial charge in [-0.25, -0.2) is 0 Å². The zero-order valence-corrected chi connectivity index (χ0v) is 6.58. The summed E-state index contributed by atoms with van der Waals surface area (Å²) in [5.74, 6) is 0. The lowest BCUT2D eigenvalue weighted by molar-refractivity contribution is -0.107. The lowest BCUT2D eigenvalue weighted by atomic mass is 10.7. The molecule has 52 valence electrons. The van der Waals surface area contributed by atoms with Crippen molar-refractivity contribution in [2.24, 2.45) is 0 Å². The molecule has 0 N–H and O–H groups in total. The molecule has 1 aliphatic heterocycles. The molecule has 0 atom stereocenters. The average molecular weight is 172 g/mol. The molecule has 0 unspecified atom stereocenters. The van der Waals surface area contributed by atoms with Crippen LogP contribution in [0.1, 0.15) is 0 Å². The van der Waals surface area contributed by atoms with E-state index in [0.717, 1.165) is 23.5 Å². The van der Waals surface area contributed by atoms with Crippen molar-refractivity contribution in [1.82, 2.24) is 0 Å². The van der Waals surface area contributed by atoms with Crippen molar-refractivity contribution in [1.29, 1.82) is 0 Å². The minimum Gasteiger partial charge on any atom is -0.282 e. The highest BCUT2D eigenvalue weighted by atomic mass is 32.2. The van der Waals surface area contributed by atoms with Gasteiger partial charge < -0.3 is 0 Å². The molecule has 4 heteroatoms. The Labute approximate surface area is 66.7 Å². The van der Waals surface area contributed by atoms with Crippen LogP contribution >= 0.6 is 23.5 Å². The van der Waals surface area contributed by atoms with E-state index in [0.29, 0.717) is 0 Å². The Kier molecular flexibility index (Phi) is 2.77. The first-order valence-corrected chi connectivity index (χ1v) is 4.29.